The number of carbonyl (C=O) groups is 1. The Kier molecular flexibility index (Phi) is 2.88. The molecule has 23 heavy (non-hydrogen) atoms. The number of fused-ring (bicyclic) bond motifs is 1. The van der Waals surface area contributed by atoms with Crippen LogP contribution >= 0.6 is 0 Å². The highest BCUT2D eigenvalue weighted by molar-refractivity contribution is 5.98. The van der Waals surface area contributed by atoms with Crippen LogP contribution in [0.4, 0.5) is 10.6 Å². The van der Waals surface area contributed by atoms with E-state index in [1.807, 2.05) is 42.9 Å². The van der Waals surface area contributed by atoms with Crippen molar-refractivity contribution in [3.63, 3.8) is 0 Å². The molecule has 2 heterocycles. The number of nitrogens with zero attached hydrogens (tertiary/aromatic N) is 3. The second kappa shape index (κ2) is 4.72. The highest BCUT2D eigenvalue weighted by atomic mass is 16.2. The Morgan fingerprint density at radius 2 is 2.09 bits per heavy atom. The van der Waals surface area contributed by atoms with Gasteiger partial charge in [-0.3, -0.25) is 14.6 Å². The minimum absolute atomic E-state index is 0. The van der Waals surface area contributed by atoms with Crippen LogP contribution in [0.15, 0.2) is 36.5 Å². The monoisotopic (exact) mass is 310 g/mol. The molecule has 1 aliphatic rings. The molecule has 5 heteroatoms. The van der Waals surface area contributed by atoms with Gasteiger partial charge in [0.2, 0.25) is 0 Å². The standard InChI is InChI=1S/C18H20N4O.H2/c1-12-4-5-14-13(10-12)6-9-22(14)17(23)19-16-11-15(21(3)20-16)18(2)7-8-18;/h4-6,9-11H,7-8H2,1-3H3,(H,19,20,23);1H. The van der Waals surface area contributed by atoms with Gasteiger partial charge in [0.25, 0.3) is 0 Å². The zero-order valence-electron chi connectivity index (χ0n) is 13.6. The lowest BCUT2D eigenvalue weighted by Gasteiger charge is -2.06. The molecule has 1 aliphatic carbocycles. The van der Waals surface area contributed by atoms with E-state index in [2.05, 4.69) is 23.4 Å². The lowest BCUT2D eigenvalue weighted by molar-refractivity contribution is 0.254. The van der Waals surface area contributed by atoms with Gasteiger partial charge in [-0.2, -0.15) is 5.10 Å². The molecule has 0 spiro atoms. The second-order valence-electron chi connectivity index (χ2n) is 6.78. The fraction of sp³-hybridized carbons (Fsp3) is 0.333. The Morgan fingerprint density at radius 1 is 1.30 bits per heavy atom. The Balaban J connectivity index is 0.00000169. The van der Waals surface area contributed by atoms with Crippen LogP contribution in [0.5, 0.6) is 0 Å². The summed E-state index contributed by atoms with van der Waals surface area (Å²) >= 11 is 0. The maximum absolute atomic E-state index is 12.6. The molecule has 1 amide bonds. The van der Waals surface area contributed by atoms with E-state index in [-0.39, 0.29) is 12.9 Å². The van der Waals surface area contributed by atoms with Gasteiger partial charge in [0, 0.05) is 37.2 Å². The summed E-state index contributed by atoms with van der Waals surface area (Å²) in [6.45, 7) is 4.28. The van der Waals surface area contributed by atoms with Gasteiger partial charge in [-0.25, -0.2) is 4.79 Å². The van der Waals surface area contributed by atoms with Crippen LogP contribution in [-0.2, 0) is 12.5 Å². The summed E-state index contributed by atoms with van der Waals surface area (Å²) < 4.78 is 3.50. The first kappa shape index (κ1) is 14.1. The predicted octanol–water partition coefficient (Wildman–Crippen LogP) is 4.06. The van der Waals surface area contributed by atoms with Gasteiger partial charge < -0.3 is 0 Å². The Hall–Kier alpha value is -2.56. The van der Waals surface area contributed by atoms with E-state index in [1.54, 1.807) is 10.8 Å². The van der Waals surface area contributed by atoms with Crippen molar-refractivity contribution in [3.05, 3.63) is 47.8 Å². The van der Waals surface area contributed by atoms with Crippen LogP contribution in [0.2, 0.25) is 0 Å². The van der Waals surface area contributed by atoms with E-state index >= 15 is 0 Å². The first-order valence-corrected chi connectivity index (χ1v) is 7.90. The average Bonchev–Trinajstić information content (AvgIpc) is 2.94. The summed E-state index contributed by atoms with van der Waals surface area (Å²) in [5, 5.41) is 8.40. The zero-order chi connectivity index (χ0) is 16.2. The van der Waals surface area contributed by atoms with E-state index < -0.39 is 0 Å². The van der Waals surface area contributed by atoms with Gasteiger partial charge in [0.15, 0.2) is 5.82 Å². The normalized spacial score (nSPS) is 15.8. The third-order valence-electron chi connectivity index (χ3n) is 4.80. The van der Waals surface area contributed by atoms with E-state index in [1.165, 1.54) is 24.1 Å². The number of anilines is 1. The van der Waals surface area contributed by atoms with Gasteiger partial charge in [-0.15, -0.1) is 0 Å². The number of nitrogens with one attached hydrogen (secondary N) is 1. The number of benzene rings is 1. The number of aromatic nitrogens is 3. The average molecular weight is 310 g/mol. The molecule has 0 aliphatic heterocycles. The molecule has 1 saturated carbocycles. The number of aryl methyl sites for hydroxylation is 2. The van der Waals surface area contributed by atoms with Crippen LogP contribution in [0, 0.1) is 6.92 Å². The number of hydrogen-bond donors (Lipinski definition) is 1. The quantitative estimate of drug-likeness (QED) is 0.776. The molecule has 120 valence electrons. The molecule has 1 fully saturated rings. The lowest BCUT2D eigenvalue weighted by Crippen LogP contribution is -2.18. The van der Waals surface area contributed by atoms with Crippen LogP contribution < -0.4 is 5.32 Å². The van der Waals surface area contributed by atoms with Crippen LogP contribution in [-0.4, -0.2) is 20.4 Å². The molecule has 2 aromatic heterocycles. The summed E-state index contributed by atoms with van der Waals surface area (Å²) in [5.41, 5.74) is 3.49. The van der Waals surface area contributed by atoms with Crippen molar-refractivity contribution < 1.29 is 6.22 Å². The minimum atomic E-state index is -0.186. The smallest absolute Gasteiger partial charge is 0.290 e. The van der Waals surface area contributed by atoms with Gasteiger partial charge in [-0.1, -0.05) is 18.6 Å². The Labute approximate surface area is 136 Å². The lowest BCUT2D eigenvalue weighted by atomic mass is 10.1. The first-order chi connectivity index (χ1) is 11.0. The summed E-state index contributed by atoms with van der Waals surface area (Å²) in [7, 11) is 1.93. The topological polar surface area (TPSA) is 51.9 Å². The molecule has 1 aromatic carbocycles. The van der Waals surface area contributed by atoms with Crippen LogP contribution in [0.25, 0.3) is 10.9 Å². The van der Waals surface area contributed by atoms with Crippen molar-refractivity contribution in [2.45, 2.75) is 32.1 Å². The van der Waals surface area contributed by atoms with E-state index in [4.69, 9.17) is 0 Å². The summed E-state index contributed by atoms with van der Waals surface area (Å²) in [4.78, 5) is 12.6. The van der Waals surface area contributed by atoms with Crippen molar-refractivity contribution in [2.75, 3.05) is 5.32 Å². The van der Waals surface area contributed by atoms with E-state index in [0.717, 1.165) is 10.9 Å². The molecule has 5 nitrogen and oxygen atoms in total. The molecule has 0 radical (unpaired) electrons. The van der Waals surface area contributed by atoms with E-state index in [9.17, 15) is 4.79 Å². The van der Waals surface area contributed by atoms with Gasteiger partial charge in [-0.05, 0) is 38.0 Å². The number of rotatable bonds is 2. The maximum Gasteiger partial charge on any atom is 0.331 e. The largest absolute Gasteiger partial charge is 0.331 e. The molecule has 4 rings (SSSR count). The van der Waals surface area contributed by atoms with Gasteiger partial charge >= 0.3 is 6.03 Å². The first-order valence-electron chi connectivity index (χ1n) is 7.90. The fourth-order valence-corrected chi connectivity index (χ4v) is 3.15. The number of carbonyl (C=O) groups excluding carboxylic acids is 1. The molecule has 0 bridgehead atoms. The fourth-order valence-electron chi connectivity index (χ4n) is 3.15. The van der Waals surface area contributed by atoms with Gasteiger partial charge in [0.05, 0.1) is 5.52 Å². The molecule has 1 N–H and O–H groups in total. The molecule has 0 saturated heterocycles. The van der Waals surface area contributed by atoms with Crippen LogP contribution in [0.1, 0.15) is 32.4 Å². The Morgan fingerprint density at radius 3 is 2.83 bits per heavy atom. The van der Waals surface area contributed by atoms with E-state index in [0.29, 0.717) is 5.82 Å². The van der Waals surface area contributed by atoms with Crippen LogP contribution in [0.3, 0.4) is 0 Å². The summed E-state index contributed by atoms with van der Waals surface area (Å²) in [5.74, 6) is 0.606. The van der Waals surface area contributed by atoms with Crippen molar-refractivity contribution in [3.8, 4) is 0 Å². The van der Waals surface area contributed by atoms with Gasteiger partial charge in [0.1, 0.15) is 0 Å². The van der Waals surface area contributed by atoms with Crippen molar-refractivity contribution >= 4 is 22.8 Å². The molecule has 0 atom stereocenters. The van der Waals surface area contributed by atoms with Crippen molar-refractivity contribution in [1.82, 2.24) is 14.3 Å². The minimum Gasteiger partial charge on any atom is -0.290 e. The zero-order valence-corrected chi connectivity index (χ0v) is 13.6. The predicted molar refractivity (Wildman–Crippen MR) is 93.0 cm³/mol. The van der Waals surface area contributed by atoms with Crippen molar-refractivity contribution in [1.29, 1.82) is 0 Å². The number of amides is 1. The highest BCUT2D eigenvalue weighted by Gasteiger charge is 2.41. The Bertz CT molecular complexity index is 920. The molecular weight excluding hydrogens is 288 g/mol. The van der Waals surface area contributed by atoms with Crippen molar-refractivity contribution in [2.24, 2.45) is 7.05 Å². The third-order valence-corrected chi connectivity index (χ3v) is 4.80. The molecular formula is C18H22N4O. The third kappa shape index (κ3) is 2.32. The molecule has 3 aromatic rings. The SMILES string of the molecule is Cc1ccc2c(ccn2C(=O)Nc2cc(C3(C)CC3)n(C)n2)c1.[HH]. The highest BCUT2D eigenvalue weighted by Crippen LogP contribution is 2.47. The molecule has 0 unspecified atom stereocenters. The summed E-state index contributed by atoms with van der Waals surface area (Å²) in [6.07, 6.45) is 4.16. The number of hydrogen-bond acceptors (Lipinski definition) is 2. The second-order valence-corrected chi connectivity index (χ2v) is 6.78. The summed E-state index contributed by atoms with van der Waals surface area (Å²) in [6, 6.07) is 9.82. The maximum atomic E-state index is 12.6.